The molecule has 4 nitrogen and oxygen atoms in total. The van der Waals surface area contributed by atoms with Gasteiger partial charge in [0.25, 0.3) is 0 Å². The third-order valence-electron chi connectivity index (χ3n) is 3.23. The van der Waals surface area contributed by atoms with Crippen LogP contribution in [0.15, 0.2) is 39.7 Å². The van der Waals surface area contributed by atoms with Crippen LogP contribution in [0, 0.1) is 0 Å². The predicted molar refractivity (Wildman–Crippen MR) is 74.4 cm³/mol. The third-order valence-corrected chi connectivity index (χ3v) is 3.84. The van der Waals surface area contributed by atoms with Gasteiger partial charge in [-0.3, -0.25) is 0 Å². The van der Waals surface area contributed by atoms with Crippen LogP contribution in [0.4, 0.5) is 13.2 Å². The molecule has 0 aliphatic heterocycles. The summed E-state index contributed by atoms with van der Waals surface area (Å²) in [6.07, 6.45) is -4.63. The largest absolute Gasteiger partial charge is 0.471 e. The molecule has 0 spiro atoms. The molecule has 0 fully saturated rings. The molecule has 114 valence electrons. The van der Waals surface area contributed by atoms with Crippen molar-refractivity contribution < 1.29 is 17.7 Å². The number of rotatable bonds is 3. The predicted octanol–water partition coefficient (Wildman–Crippen LogP) is 4.36. The van der Waals surface area contributed by atoms with E-state index in [0.717, 1.165) is 11.3 Å². The zero-order valence-corrected chi connectivity index (χ0v) is 12.1. The lowest BCUT2D eigenvalue weighted by atomic mass is 9.97. The van der Waals surface area contributed by atoms with Crippen molar-refractivity contribution in [2.24, 2.45) is 0 Å². The van der Waals surface area contributed by atoms with E-state index >= 15 is 0 Å². The van der Waals surface area contributed by atoms with Gasteiger partial charge < -0.3 is 4.52 Å². The number of hydrogen-bond acceptors (Lipinski definition) is 5. The topological polar surface area (TPSA) is 51.8 Å². The van der Waals surface area contributed by atoms with E-state index in [1.165, 1.54) is 11.3 Å². The van der Waals surface area contributed by atoms with Crippen molar-refractivity contribution in [2.45, 2.75) is 19.0 Å². The molecule has 2 heterocycles. The van der Waals surface area contributed by atoms with Crippen molar-refractivity contribution in [3.63, 3.8) is 0 Å². The Kier molecular flexibility index (Phi) is 3.69. The van der Waals surface area contributed by atoms with E-state index in [1.807, 2.05) is 24.4 Å². The smallest absolute Gasteiger partial charge is 0.329 e. The molecule has 0 aliphatic carbocycles. The van der Waals surface area contributed by atoms with Gasteiger partial charge in [-0.2, -0.15) is 18.2 Å². The Hall–Kier alpha value is -2.22. The molecular weight excluding hydrogens is 315 g/mol. The minimum absolute atomic E-state index is 0.0832. The van der Waals surface area contributed by atoms with Crippen LogP contribution >= 0.6 is 11.3 Å². The molecule has 0 N–H and O–H groups in total. The fraction of sp³-hybridized carbons (Fsp3) is 0.214. The molecule has 0 saturated heterocycles. The van der Waals surface area contributed by atoms with Gasteiger partial charge in [0.05, 0.1) is 11.2 Å². The highest BCUT2D eigenvalue weighted by atomic mass is 32.1. The van der Waals surface area contributed by atoms with Crippen LogP contribution in [-0.4, -0.2) is 15.1 Å². The van der Waals surface area contributed by atoms with E-state index in [1.54, 1.807) is 17.6 Å². The maximum absolute atomic E-state index is 12.4. The fourth-order valence-electron chi connectivity index (χ4n) is 1.98. The molecule has 0 bridgehead atoms. The first-order chi connectivity index (χ1) is 10.4. The average Bonchev–Trinajstić information content (AvgIpc) is 3.17. The fourth-order valence-corrected chi connectivity index (χ4v) is 2.63. The zero-order chi connectivity index (χ0) is 15.7. The molecular formula is C14H10F3N3OS. The van der Waals surface area contributed by atoms with Crippen LogP contribution in [0.1, 0.15) is 30.0 Å². The lowest BCUT2D eigenvalue weighted by Crippen LogP contribution is -2.04. The van der Waals surface area contributed by atoms with E-state index in [-0.39, 0.29) is 11.7 Å². The van der Waals surface area contributed by atoms with Crippen molar-refractivity contribution in [2.75, 3.05) is 0 Å². The van der Waals surface area contributed by atoms with E-state index in [0.29, 0.717) is 5.56 Å². The molecule has 1 aromatic carbocycles. The van der Waals surface area contributed by atoms with Crippen LogP contribution < -0.4 is 0 Å². The van der Waals surface area contributed by atoms with Crippen LogP contribution in [-0.2, 0) is 6.18 Å². The second-order valence-corrected chi connectivity index (χ2v) is 5.40. The molecule has 0 aliphatic rings. The highest BCUT2D eigenvalue weighted by molar-refractivity contribution is 7.07. The molecule has 0 saturated carbocycles. The molecule has 1 unspecified atom stereocenters. The summed E-state index contributed by atoms with van der Waals surface area (Å²) in [6.45, 7) is 2.01. The Labute approximate surface area is 127 Å². The Bertz CT molecular complexity index is 750. The number of halogens is 3. The highest BCUT2D eigenvalue weighted by Gasteiger charge is 2.38. The second kappa shape index (κ2) is 5.53. The molecule has 3 rings (SSSR count). The summed E-state index contributed by atoms with van der Waals surface area (Å²) in [4.78, 5) is 7.62. The number of aromatic nitrogens is 3. The summed E-state index contributed by atoms with van der Waals surface area (Å²) in [6, 6.07) is 6.98. The molecule has 3 aromatic rings. The molecule has 8 heteroatoms. The molecule has 22 heavy (non-hydrogen) atoms. The Morgan fingerprint density at radius 3 is 2.45 bits per heavy atom. The van der Waals surface area contributed by atoms with Gasteiger partial charge in [-0.25, -0.2) is 4.98 Å². The summed E-state index contributed by atoms with van der Waals surface area (Å²) in [5.41, 5.74) is 4.19. The number of alkyl halides is 3. The normalized spacial score (nSPS) is 13.3. The standard InChI is InChI=1S/C14H10F3N3OS/c1-8(11-6-22-7-18-11)9-2-4-10(5-3-9)12-19-13(21-20-12)14(15,16)17/h2-8H,1H3. The zero-order valence-electron chi connectivity index (χ0n) is 11.3. The van der Waals surface area contributed by atoms with Crippen molar-refractivity contribution in [1.82, 2.24) is 15.1 Å². The van der Waals surface area contributed by atoms with Crippen molar-refractivity contribution >= 4 is 11.3 Å². The van der Waals surface area contributed by atoms with Crippen LogP contribution in [0.2, 0.25) is 0 Å². The molecule has 2 aromatic heterocycles. The van der Waals surface area contributed by atoms with E-state index < -0.39 is 12.1 Å². The monoisotopic (exact) mass is 325 g/mol. The lowest BCUT2D eigenvalue weighted by molar-refractivity contribution is -0.159. The Morgan fingerprint density at radius 1 is 1.18 bits per heavy atom. The van der Waals surface area contributed by atoms with Crippen molar-refractivity contribution in [3.8, 4) is 11.4 Å². The first-order valence-electron chi connectivity index (χ1n) is 6.34. The van der Waals surface area contributed by atoms with Gasteiger partial charge in [-0.1, -0.05) is 36.3 Å². The number of benzene rings is 1. The summed E-state index contributed by atoms with van der Waals surface area (Å²) >= 11 is 1.52. The minimum atomic E-state index is -4.63. The second-order valence-electron chi connectivity index (χ2n) is 4.68. The van der Waals surface area contributed by atoms with Crippen LogP contribution in [0.25, 0.3) is 11.4 Å². The lowest BCUT2D eigenvalue weighted by Gasteiger charge is -2.09. The Morgan fingerprint density at radius 2 is 1.91 bits per heavy atom. The first-order valence-corrected chi connectivity index (χ1v) is 7.29. The van der Waals surface area contributed by atoms with Gasteiger partial charge >= 0.3 is 12.1 Å². The van der Waals surface area contributed by atoms with Gasteiger partial charge in [0.2, 0.25) is 5.82 Å². The van der Waals surface area contributed by atoms with E-state index in [9.17, 15) is 13.2 Å². The number of nitrogens with zero attached hydrogens (tertiary/aromatic N) is 3. The van der Waals surface area contributed by atoms with Gasteiger partial charge in [0.1, 0.15) is 0 Å². The van der Waals surface area contributed by atoms with Crippen molar-refractivity contribution in [1.29, 1.82) is 0 Å². The highest BCUT2D eigenvalue weighted by Crippen LogP contribution is 2.30. The maximum Gasteiger partial charge on any atom is 0.471 e. The number of thiazole rings is 1. The summed E-state index contributed by atoms with van der Waals surface area (Å²) < 4.78 is 41.6. The average molecular weight is 325 g/mol. The van der Waals surface area contributed by atoms with Crippen LogP contribution in [0.5, 0.6) is 0 Å². The summed E-state index contributed by atoms with van der Waals surface area (Å²) in [7, 11) is 0. The first kappa shape index (κ1) is 14.7. The SMILES string of the molecule is CC(c1ccc(-c2noc(C(F)(F)F)n2)cc1)c1cscn1. The summed E-state index contributed by atoms with van der Waals surface area (Å²) in [5, 5.41) is 5.33. The third kappa shape index (κ3) is 2.87. The van der Waals surface area contributed by atoms with Gasteiger partial charge in [0, 0.05) is 16.9 Å². The summed E-state index contributed by atoms with van der Waals surface area (Å²) in [5.74, 6) is -1.32. The van der Waals surface area contributed by atoms with Gasteiger partial charge in [-0.15, -0.1) is 11.3 Å². The van der Waals surface area contributed by atoms with Crippen LogP contribution in [0.3, 0.4) is 0 Å². The van der Waals surface area contributed by atoms with Crippen molar-refractivity contribution in [3.05, 3.63) is 52.3 Å². The van der Waals surface area contributed by atoms with Gasteiger partial charge in [0.15, 0.2) is 0 Å². The molecule has 0 radical (unpaired) electrons. The minimum Gasteiger partial charge on any atom is -0.329 e. The maximum atomic E-state index is 12.4. The van der Waals surface area contributed by atoms with E-state index in [2.05, 4.69) is 19.6 Å². The Balaban J connectivity index is 1.84. The quantitative estimate of drug-likeness (QED) is 0.718. The van der Waals surface area contributed by atoms with E-state index in [4.69, 9.17) is 0 Å². The molecule has 0 amide bonds. The molecule has 1 atom stereocenters. The number of hydrogen-bond donors (Lipinski definition) is 0. The van der Waals surface area contributed by atoms with Gasteiger partial charge in [-0.05, 0) is 5.56 Å².